The quantitative estimate of drug-likeness (QED) is 0.751. The molecule has 3 nitrogen and oxygen atoms in total. The second-order valence-corrected chi connectivity index (χ2v) is 5.10. The summed E-state index contributed by atoms with van der Waals surface area (Å²) in [6.45, 7) is 5.66. The standard InChI is InChI=1S/C13H20ClN3/c1-16(9-10-17-7-2-3-8-17)11-12-5-4-6-15-13(12)14/h4-6H,2-3,7-11H2,1H3. The summed E-state index contributed by atoms with van der Waals surface area (Å²) in [4.78, 5) is 8.93. The summed E-state index contributed by atoms with van der Waals surface area (Å²) in [6, 6.07) is 3.98. The van der Waals surface area contributed by atoms with Gasteiger partial charge < -0.3 is 9.80 Å². The molecule has 1 aromatic heterocycles. The van der Waals surface area contributed by atoms with Crippen LogP contribution in [0.25, 0.3) is 0 Å². The van der Waals surface area contributed by atoms with Crippen LogP contribution in [0.15, 0.2) is 18.3 Å². The first kappa shape index (κ1) is 12.8. The molecule has 2 rings (SSSR count). The van der Waals surface area contributed by atoms with Gasteiger partial charge in [0.2, 0.25) is 0 Å². The van der Waals surface area contributed by atoms with E-state index in [1.165, 1.54) is 25.9 Å². The zero-order valence-corrected chi connectivity index (χ0v) is 11.2. The van der Waals surface area contributed by atoms with Crippen LogP contribution in [-0.2, 0) is 6.54 Å². The third-order valence-electron chi connectivity index (χ3n) is 3.27. The fraction of sp³-hybridized carbons (Fsp3) is 0.615. The molecular formula is C13H20ClN3. The Balaban J connectivity index is 1.76. The number of hydrogen-bond acceptors (Lipinski definition) is 3. The fourth-order valence-electron chi connectivity index (χ4n) is 2.23. The van der Waals surface area contributed by atoms with Gasteiger partial charge in [0, 0.05) is 31.4 Å². The summed E-state index contributed by atoms with van der Waals surface area (Å²) >= 11 is 6.05. The molecule has 0 aliphatic carbocycles. The molecule has 0 N–H and O–H groups in total. The SMILES string of the molecule is CN(CCN1CCCC1)Cc1cccnc1Cl. The van der Waals surface area contributed by atoms with E-state index in [2.05, 4.69) is 21.8 Å². The summed E-state index contributed by atoms with van der Waals surface area (Å²) in [5.74, 6) is 0. The number of aromatic nitrogens is 1. The first-order valence-corrected chi connectivity index (χ1v) is 6.64. The van der Waals surface area contributed by atoms with Crippen LogP contribution in [0.1, 0.15) is 18.4 Å². The Hall–Kier alpha value is -0.640. The predicted molar refractivity (Wildman–Crippen MR) is 71.3 cm³/mol. The van der Waals surface area contributed by atoms with Crippen LogP contribution in [0.3, 0.4) is 0 Å². The van der Waals surface area contributed by atoms with Gasteiger partial charge in [-0.3, -0.25) is 0 Å². The molecule has 94 valence electrons. The van der Waals surface area contributed by atoms with E-state index in [4.69, 9.17) is 11.6 Å². The molecule has 0 spiro atoms. The van der Waals surface area contributed by atoms with E-state index < -0.39 is 0 Å². The van der Waals surface area contributed by atoms with E-state index in [0.29, 0.717) is 5.15 Å². The molecule has 17 heavy (non-hydrogen) atoms. The molecule has 4 heteroatoms. The third kappa shape index (κ3) is 3.95. The number of rotatable bonds is 5. The van der Waals surface area contributed by atoms with Crippen molar-refractivity contribution in [3.63, 3.8) is 0 Å². The van der Waals surface area contributed by atoms with E-state index in [0.717, 1.165) is 25.2 Å². The van der Waals surface area contributed by atoms with Crippen molar-refractivity contribution in [3.8, 4) is 0 Å². The molecule has 1 aromatic rings. The molecule has 0 saturated carbocycles. The second-order valence-electron chi connectivity index (χ2n) is 4.74. The van der Waals surface area contributed by atoms with Gasteiger partial charge in [0.15, 0.2) is 0 Å². The van der Waals surface area contributed by atoms with E-state index >= 15 is 0 Å². The molecule has 0 amide bonds. The van der Waals surface area contributed by atoms with Gasteiger partial charge in [0.25, 0.3) is 0 Å². The van der Waals surface area contributed by atoms with Gasteiger partial charge in [-0.05, 0) is 39.0 Å². The molecule has 0 bridgehead atoms. The summed E-state index contributed by atoms with van der Waals surface area (Å²) in [5.41, 5.74) is 1.11. The Bertz CT molecular complexity index is 350. The topological polar surface area (TPSA) is 19.4 Å². The van der Waals surface area contributed by atoms with Crippen LogP contribution >= 0.6 is 11.6 Å². The number of halogens is 1. The molecule has 0 aromatic carbocycles. The van der Waals surface area contributed by atoms with Crippen LogP contribution in [-0.4, -0.2) is 48.0 Å². The lowest BCUT2D eigenvalue weighted by Gasteiger charge is -2.21. The van der Waals surface area contributed by atoms with Crippen molar-refractivity contribution in [2.45, 2.75) is 19.4 Å². The Morgan fingerprint density at radius 1 is 1.41 bits per heavy atom. The second kappa shape index (κ2) is 6.34. The highest BCUT2D eigenvalue weighted by Gasteiger charge is 2.12. The summed E-state index contributed by atoms with van der Waals surface area (Å²) in [5, 5.41) is 0.625. The highest BCUT2D eigenvalue weighted by Crippen LogP contribution is 2.13. The van der Waals surface area contributed by atoms with Gasteiger partial charge in [-0.15, -0.1) is 0 Å². The number of likely N-dealkylation sites (N-methyl/N-ethyl adjacent to an activating group) is 1. The monoisotopic (exact) mass is 253 g/mol. The van der Waals surface area contributed by atoms with Crippen molar-refractivity contribution < 1.29 is 0 Å². The van der Waals surface area contributed by atoms with E-state index in [1.807, 2.05) is 12.1 Å². The molecular weight excluding hydrogens is 234 g/mol. The maximum atomic E-state index is 6.05. The van der Waals surface area contributed by atoms with Crippen LogP contribution in [0, 0.1) is 0 Å². The van der Waals surface area contributed by atoms with Crippen LogP contribution in [0.4, 0.5) is 0 Å². The Morgan fingerprint density at radius 3 is 2.88 bits per heavy atom. The van der Waals surface area contributed by atoms with Crippen molar-refractivity contribution in [2.24, 2.45) is 0 Å². The van der Waals surface area contributed by atoms with Gasteiger partial charge >= 0.3 is 0 Å². The van der Waals surface area contributed by atoms with Crippen LogP contribution < -0.4 is 0 Å². The molecule has 0 radical (unpaired) electrons. The summed E-state index contributed by atoms with van der Waals surface area (Å²) in [7, 11) is 2.14. The third-order valence-corrected chi connectivity index (χ3v) is 3.61. The maximum absolute atomic E-state index is 6.05. The van der Waals surface area contributed by atoms with E-state index in [9.17, 15) is 0 Å². The zero-order valence-electron chi connectivity index (χ0n) is 10.4. The molecule has 1 aliphatic rings. The molecule has 0 atom stereocenters. The minimum absolute atomic E-state index is 0.625. The zero-order chi connectivity index (χ0) is 12.1. The Labute approximate surface area is 108 Å². The normalized spacial score (nSPS) is 16.9. The highest BCUT2D eigenvalue weighted by molar-refractivity contribution is 6.30. The van der Waals surface area contributed by atoms with Crippen molar-refractivity contribution >= 4 is 11.6 Å². The molecule has 1 aliphatic heterocycles. The lowest BCUT2D eigenvalue weighted by molar-refractivity contribution is 0.252. The first-order valence-electron chi connectivity index (χ1n) is 6.26. The lowest BCUT2D eigenvalue weighted by atomic mass is 10.2. The summed E-state index contributed by atoms with van der Waals surface area (Å²) in [6.07, 6.45) is 4.45. The predicted octanol–water partition coefficient (Wildman–Crippen LogP) is 2.26. The largest absolute Gasteiger partial charge is 0.302 e. The van der Waals surface area contributed by atoms with Gasteiger partial charge in [0.1, 0.15) is 5.15 Å². The molecule has 1 fully saturated rings. The Kier molecular flexibility index (Phi) is 4.77. The average Bonchev–Trinajstić information content (AvgIpc) is 2.82. The summed E-state index contributed by atoms with van der Waals surface area (Å²) < 4.78 is 0. The van der Waals surface area contributed by atoms with Gasteiger partial charge in [-0.2, -0.15) is 0 Å². The number of likely N-dealkylation sites (tertiary alicyclic amines) is 1. The number of nitrogens with zero attached hydrogens (tertiary/aromatic N) is 3. The minimum Gasteiger partial charge on any atom is -0.302 e. The van der Waals surface area contributed by atoms with Gasteiger partial charge in [0.05, 0.1) is 0 Å². The van der Waals surface area contributed by atoms with Crippen molar-refractivity contribution in [1.82, 2.24) is 14.8 Å². The maximum Gasteiger partial charge on any atom is 0.133 e. The van der Waals surface area contributed by atoms with Crippen molar-refractivity contribution in [3.05, 3.63) is 29.0 Å². The van der Waals surface area contributed by atoms with Crippen LogP contribution in [0.2, 0.25) is 5.15 Å². The lowest BCUT2D eigenvalue weighted by Crippen LogP contribution is -2.31. The van der Waals surface area contributed by atoms with Gasteiger partial charge in [-0.25, -0.2) is 4.98 Å². The van der Waals surface area contributed by atoms with Crippen molar-refractivity contribution in [2.75, 3.05) is 33.2 Å². The number of pyridine rings is 1. The Morgan fingerprint density at radius 2 is 2.18 bits per heavy atom. The highest BCUT2D eigenvalue weighted by atomic mass is 35.5. The van der Waals surface area contributed by atoms with E-state index in [1.54, 1.807) is 6.20 Å². The number of hydrogen-bond donors (Lipinski definition) is 0. The molecule has 2 heterocycles. The smallest absolute Gasteiger partial charge is 0.133 e. The molecule has 0 unspecified atom stereocenters. The minimum atomic E-state index is 0.625. The molecule has 1 saturated heterocycles. The van der Waals surface area contributed by atoms with Crippen LogP contribution in [0.5, 0.6) is 0 Å². The first-order chi connectivity index (χ1) is 8.25. The van der Waals surface area contributed by atoms with Crippen molar-refractivity contribution in [1.29, 1.82) is 0 Å². The van der Waals surface area contributed by atoms with Gasteiger partial charge in [-0.1, -0.05) is 17.7 Å². The van der Waals surface area contributed by atoms with E-state index in [-0.39, 0.29) is 0 Å². The average molecular weight is 254 g/mol. The fourth-order valence-corrected chi connectivity index (χ4v) is 2.40.